The second-order valence-electron chi connectivity index (χ2n) is 9.47. The Balaban J connectivity index is 1.73. The van der Waals surface area contributed by atoms with E-state index < -0.39 is 28.5 Å². The minimum absolute atomic E-state index is 0.0108. The third kappa shape index (κ3) is 7.84. The number of sulfonamides is 1. The number of carbonyl (C=O) groups excluding carboxylic acids is 2. The lowest BCUT2D eigenvalue weighted by molar-refractivity contribution is -0.140. The van der Waals surface area contributed by atoms with Crippen molar-refractivity contribution in [3.63, 3.8) is 0 Å². The van der Waals surface area contributed by atoms with Gasteiger partial charge < -0.3 is 19.7 Å². The van der Waals surface area contributed by atoms with Crippen LogP contribution in [0, 0.1) is 0 Å². The first-order valence-electron chi connectivity index (χ1n) is 13.0. The number of likely N-dealkylation sites (N-methyl/N-ethyl adjacent to an activating group) is 1. The monoisotopic (exact) mass is 619 g/mol. The zero-order valence-electron chi connectivity index (χ0n) is 22.7. The van der Waals surface area contributed by atoms with Crippen molar-refractivity contribution in [3.05, 3.63) is 87.9 Å². The lowest BCUT2D eigenvalue weighted by atomic mass is 10.0. The lowest BCUT2D eigenvalue weighted by Gasteiger charge is -2.33. The van der Waals surface area contributed by atoms with Gasteiger partial charge in [0.15, 0.2) is 11.5 Å². The minimum atomic E-state index is -3.92. The molecule has 0 saturated heterocycles. The molecule has 3 aromatic rings. The number of rotatable bonds is 11. The Hall–Kier alpha value is -3.47. The molecule has 3 aromatic carbocycles. The van der Waals surface area contributed by atoms with Crippen molar-refractivity contribution in [3.8, 4) is 11.5 Å². The van der Waals surface area contributed by atoms with Gasteiger partial charge in [0.1, 0.15) is 25.8 Å². The molecule has 0 aliphatic carbocycles. The molecular weight excluding hydrogens is 589 g/mol. The van der Waals surface area contributed by atoms with E-state index in [-0.39, 0.29) is 24.6 Å². The van der Waals surface area contributed by atoms with Crippen LogP contribution in [0.5, 0.6) is 11.5 Å². The average molecular weight is 621 g/mol. The quantitative estimate of drug-likeness (QED) is 0.343. The first-order chi connectivity index (χ1) is 19.6. The highest BCUT2D eigenvalue weighted by atomic mass is 35.5. The van der Waals surface area contributed by atoms with E-state index >= 15 is 0 Å². The number of benzene rings is 3. The number of halogens is 2. The molecule has 1 aliphatic rings. The van der Waals surface area contributed by atoms with E-state index in [1.54, 1.807) is 37.3 Å². The molecule has 2 amide bonds. The summed E-state index contributed by atoms with van der Waals surface area (Å²) in [6.45, 7) is 2.28. The molecule has 0 aromatic heterocycles. The molecule has 0 fully saturated rings. The summed E-state index contributed by atoms with van der Waals surface area (Å²) in [5.41, 5.74) is 1.69. The molecular formula is C29H31Cl2N3O6S. The highest BCUT2D eigenvalue weighted by Gasteiger charge is 2.33. The first-order valence-corrected chi connectivity index (χ1v) is 15.6. The normalized spacial score (nSPS) is 13.3. The molecule has 0 saturated carbocycles. The van der Waals surface area contributed by atoms with E-state index in [0.717, 1.165) is 16.1 Å². The SMILES string of the molecule is CCNC(=O)C(Cc1ccccc1)N(Cc1ccc(Cl)c(Cl)c1)C(=O)CN(c1ccc2c(c1)OCCO2)S(C)(=O)=O. The smallest absolute Gasteiger partial charge is 0.244 e. The summed E-state index contributed by atoms with van der Waals surface area (Å²) in [5.74, 6) is -0.0782. The van der Waals surface area contributed by atoms with Gasteiger partial charge in [-0.15, -0.1) is 0 Å². The van der Waals surface area contributed by atoms with E-state index in [9.17, 15) is 18.0 Å². The second-order valence-corrected chi connectivity index (χ2v) is 12.2. The zero-order chi connectivity index (χ0) is 29.6. The fourth-order valence-electron chi connectivity index (χ4n) is 4.48. The van der Waals surface area contributed by atoms with Crippen molar-refractivity contribution < 1.29 is 27.5 Å². The van der Waals surface area contributed by atoms with Crippen molar-refractivity contribution in [2.24, 2.45) is 0 Å². The molecule has 0 radical (unpaired) electrons. The number of amides is 2. The zero-order valence-corrected chi connectivity index (χ0v) is 25.0. The van der Waals surface area contributed by atoms with Crippen LogP contribution < -0.4 is 19.1 Å². The summed E-state index contributed by atoms with van der Waals surface area (Å²) < 4.78 is 38.1. The minimum Gasteiger partial charge on any atom is -0.486 e. The van der Waals surface area contributed by atoms with Gasteiger partial charge in [-0.2, -0.15) is 0 Å². The van der Waals surface area contributed by atoms with Crippen LogP contribution in [0.25, 0.3) is 0 Å². The predicted molar refractivity (Wildman–Crippen MR) is 159 cm³/mol. The van der Waals surface area contributed by atoms with Gasteiger partial charge in [-0.1, -0.05) is 59.6 Å². The summed E-state index contributed by atoms with van der Waals surface area (Å²) in [4.78, 5) is 28.9. The van der Waals surface area contributed by atoms with Crippen LogP contribution in [0.15, 0.2) is 66.7 Å². The Morgan fingerprint density at radius 1 is 0.927 bits per heavy atom. The Bertz CT molecular complexity index is 1500. The summed E-state index contributed by atoms with van der Waals surface area (Å²) in [7, 11) is -3.92. The molecule has 218 valence electrons. The molecule has 1 unspecified atom stereocenters. The van der Waals surface area contributed by atoms with Gasteiger partial charge in [0.05, 0.1) is 22.0 Å². The Morgan fingerprint density at radius 2 is 1.63 bits per heavy atom. The standard InChI is InChI=1S/C29H31Cl2N3O6S/c1-3-32-29(36)25(16-20-7-5-4-6-8-20)33(18-21-9-11-23(30)24(31)15-21)28(35)19-34(41(2,37)38)22-10-12-26-27(17-22)40-14-13-39-26/h4-12,15,17,25H,3,13-14,16,18-19H2,1-2H3,(H,32,36). The second kappa shape index (κ2) is 13.5. The van der Waals surface area contributed by atoms with Crippen molar-refractivity contribution in [1.82, 2.24) is 10.2 Å². The van der Waals surface area contributed by atoms with Crippen molar-refractivity contribution in [2.45, 2.75) is 25.9 Å². The highest BCUT2D eigenvalue weighted by Crippen LogP contribution is 2.35. The lowest BCUT2D eigenvalue weighted by Crippen LogP contribution is -2.53. The average Bonchev–Trinajstić information content (AvgIpc) is 2.95. The summed E-state index contributed by atoms with van der Waals surface area (Å²) in [6, 6.07) is 18.0. The van der Waals surface area contributed by atoms with Crippen molar-refractivity contribution in [1.29, 1.82) is 0 Å². The molecule has 1 heterocycles. The third-order valence-corrected chi connectivity index (χ3v) is 8.33. The van der Waals surface area contributed by atoms with E-state index in [2.05, 4.69) is 5.32 Å². The summed E-state index contributed by atoms with van der Waals surface area (Å²) in [5, 5.41) is 3.46. The number of nitrogens with zero attached hydrogens (tertiary/aromatic N) is 2. The molecule has 1 aliphatic heterocycles. The fourth-order valence-corrected chi connectivity index (χ4v) is 5.64. The number of anilines is 1. The number of carbonyl (C=O) groups is 2. The maximum Gasteiger partial charge on any atom is 0.244 e. The van der Waals surface area contributed by atoms with Crippen LogP contribution in [0.2, 0.25) is 10.0 Å². The molecule has 1 N–H and O–H groups in total. The van der Waals surface area contributed by atoms with Gasteiger partial charge in [0.2, 0.25) is 21.8 Å². The molecule has 0 spiro atoms. The van der Waals surface area contributed by atoms with Crippen LogP contribution in [0.3, 0.4) is 0 Å². The van der Waals surface area contributed by atoms with Gasteiger partial charge in [-0.25, -0.2) is 8.42 Å². The number of fused-ring (bicyclic) bond motifs is 1. The van der Waals surface area contributed by atoms with Crippen LogP contribution >= 0.6 is 23.2 Å². The predicted octanol–water partition coefficient (Wildman–Crippen LogP) is 4.31. The van der Waals surface area contributed by atoms with Gasteiger partial charge >= 0.3 is 0 Å². The molecule has 12 heteroatoms. The van der Waals surface area contributed by atoms with Crippen molar-refractivity contribution in [2.75, 3.05) is 36.9 Å². The Morgan fingerprint density at radius 3 is 2.29 bits per heavy atom. The van der Waals surface area contributed by atoms with Crippen LogP contribution in [-0.2, 0) is 32.6 Å². The fraction of sp³-hybridized carbons (Fsp3) is 0.310. The number of ether oxygens (including phenoxy) is 2. The van der Waals surface area contributed by atoms with E-state index in [4.69, 9.17) is 32.7 Å². The maximum atomic E-state index is 14.1. The van der Waals surface area contributed by atoms with Gasteiger partial charge in [0.25, 0.3) is 0 Å². The number of nitrogens with one attached hydrogen (secondary N) is 1. The Labute approximate surface area is 250 Å². The van der Waals surface area contributed by atoms with Crippen LogP contribution in [0.4, 0.5) is 5.69 Å². The molecule has 1 atom stereocenters. The van der Waals surface area contributed by atoms with E-state index in [1.165, 1.54) is 11.0 Å². The molecule has 0 bridgehead atoms. The largest absolute Gasteiger partial charge is 0.486 e. The number of hydrogen-bond acceptors (Lipinski definition) is 6. The van der Waals surface area contributed by atoms with Gasteiger partial charge in [-0.05, 0) is 42.3 Å². The first kappa shape index (κ1) is 30.5. The highest BCUT2D eigenvalue weighted by molar-refractivity contribution is 7.92. The van der Waals surface area contributed by atoms with Gasteiger partial charge in [-0.3, -0.25) is 13.9 Å². The van der Waals surface area contributed by atoms with Gasteiger partial charge in [0, 0.05) is 25.6 Å². The van der Waals surface area contributed by atoms with E-state index in [1.807, 2.05) is 30.3 Å². The molecule has 4 rings (SSSR count). The summed E-state index contributed by atoms with van der Waals surface area (Å²) >= 11 is 12.4. The van der Waals surface area contributed by atoms with Crippen molar-refractivity contribution >= 4 is 50.7 Å². The Kier molecular flexibility index (Phi) is 10.0. The van der Waals surface area contributed by atoms with E-state index in [0.29, 0.717) is 46.9 Å². The van der Waals surface area contributed by atoms with Crippen LogP contribution in [-0.4, -0.2) is 63.7 Å². The topological polar surface area (TPSA) is 105 Å². The maximum absolute atomic E-state index is 14.1. The third-order valence-electron chi connectivity index (χ3n) is 6.45. The number of hydrogen-bond donors (Lipinski definition) is 1. The summed E-state index contributed by atoms with van der Waals surface area (Å²) in [6.07, 6.45) is 1.23. The molecule has 9 nitrogen and oxygen atoms in total. The molecule has 41 heavy (non-hydrogen) atoms. The van der Waals surface area contributed by atoms with Crippen LogP contribution in [0.1, 0.15) is 18.1 Å².